The summed E-state index contributed by atoms with van der Waals surface area (Å²) in [6.45, 7) is 3.27. The molecule has 4 N–H and O–H groups in total. The van der Waals surface area contributed by atoms with Crippen LogP contribution in [0, 0.1) is 0 Å². The summed E-state index contributed by atoms with van der Waals surface area (Å²) in [6.07, 6.45) is 2.49. The topological polar surface area (TPSA) is 132 Å². The highest BCUT2D eigenvalue weighted by molar-refractivity contribution is 5.92. The summed E-state index contributed by atoms with van der Waals surface area (Å²) < 4.78 is 2.01. The van der Waals surface area contributed by atoms with Gasteiger partial charge in [0.2, 0.25) is 0 Å². The van der Waals surface area contributed by atoms with Crippen molar-refractivity contribution >= 4 is 5.91 Å². The fraction of sp³-hybridized carbons (Fsp3) is 0.333. The predicted octanol–water partition coefficient (Wildman–Crippen LogP) is -0.0116. The Morgan fingerprint density at radius 1 is 1.29 bits per heavy atom. The van der Waals surface area contributed by atoms with Crippen LogP contribution >= 0.6 is 0 Å². The largest absolute Gasteiger partial charge is 0.508 e. The molecule has 0 atom stereocenters. The molecule has 0 fully saturated rings. The molecule has 28 heavy (non-hydrogen) atoms. The summed E-state index contributed by atoms with van der Waals surface area (Å²) in [4.78, 5) is 32.6. The Morgan fingerprint density at radius 3 is 2.96 bits per heavy atom. The molecule has 10 heteroatoms. The smallest absolute Gasteiger partial charge is 0.340 e. The van der Waals surface area contributed by atoms with Crippen LogP contribution in [0.15, 0.2) is 35.3 Å². The normalized spacial score (nSPS) is 14.4. The standard InChI is InChI=1S/C18H21N7O3/c26-13-3-1-2-12(8-13)10-24-5-4-16-20-14(11-25(16)7-6-24)17(27)19-9-15-21-18(28)23-22-15/h1-3,8,11,26H,4-7,9-10H2,(H,19,27)(H2,21,22,23,28). The molecule has 1 aliphatic rings. The third-order valence-electron chi connectivity index (χ3n) is 4.68. The van der Waals surface area contributed by atoms with Gasteiger partial charge in [-0.25, -0.2) is 14.9 Å². The Morgan fingerprint density at radius 2 is 2.18 bits per heavy atom. The van der Waals surface area contributed by atoms with Gasteiger partial charge in [-0.3, -0.25) is 14.7 Å². The van der Waals surface area contributed by atoms with Gasteiger partial charge in [-0.05, 0) is 17.7 Å². The van der Waals surface area contributed by atoms with Crippen LogP contribution < -0.4 is 11.0 Å². The van der Waals surface area contributed by atoms with E-state index < -0.39 is 5.69 Å². The van der Waals surface area contributed by atoms with Gasteiger partial charge in [-0.1, -0.05) is 12.1 Å². The van der Waals surface area contributed by atoms with Crippen LogP contribution in [-0.4, -0.2) is 53.7 Å². The van der Waals surface area contributed by atoms with Crippen molar-refractivity contribution in [3.63, 3.8) is 0 Å². The van der Waals surface area contributed by atoms with Gasteiger partial charge in [-0.2, -0.15) is 5.10 Å². The molecule has 0 spiro atoms. The molecule has 0 radical (unpaired) electrons. The number of amides is 1. The minimum Gasteiger partial charge on any atom is -0.508 e. The first-order valence-electron chi connectivity index (χ1n) is 9.05. The fourth-order valence-electron chi connectivity index (χ4n) is 3.29. The van der Waals surface area contributed by atoms with E-state index in [4.69, 9.17) is 0 Å². The zero-order valence-corrected chi connectivity index (χ0v) is 15.2. The van der Waals surface area contributed by atoms with E-state index >= 15 is 0 Å². The van der Waals surface area contributed by atoms with Crippen LogP contribution in [0.1, 0.15) is 27.7 Å². The Hall–Kier alpha value is -3.40. The van der Waals surface area contributed by atoms with E-state index in [0.717, 1.165) is 44.0 Å². The number of phenolic OH excluding ortho intramolecular Hbond substituents is 1. The maximum atomic E-state index is 12.3. The molecular formula is C18H21N7O3. The summed E-state index contributed by atoms with van der Waals surface area (Å²) in [6, 6.07) is 7.28. The van der Waals surface area contributed by atoms with Crippen LogP contribution in [0.4, 0.5) is 0 Å². The van der Waals surface area contributed by atoms with E-state index in [1.165, 1.54) is 0 Å². The number of aromatic amines is 2. The van der Waals surface area contributed by atoms with Crippen molar-refractivity contribution in [2.45, 2.75) is 26.1 Å². The number of fused-ring (bicyclic) bond motifs is 1. The van der Waals surface area contributed by atoms with Gasteiger partial charge in [0.25, 0.3) is 5.91 Å². The highest BCUT2D eigenvalue weighted by Gasteiger charge is 2.19. The number of carbonyl (C=O) groups is 1. The molecule has 0 saturated heterocycles. The number of benzene rings is 1. The second kappa shape index (κ2) is 7.69. The first-order chi connectivity index (χ1) is 13.6. The number of nitrogens with one attached hydrogen (secondary N) is 3. The summed E-state index contributed by atoms with van der Waals surface area (Å²) in [7, 11) is 0. The van der Waals surface area contributed by atoms with Crippen molar-refractivity contribution in [3.8, 4) is 5.75 Å². The van der Waals surface area contributed by atoms with Crippen molar-refractivity contribution in [1.29, 1.82) is 0 Å². The summed E-state index contributed by atoms with van der Waals surface area (Å²) in [5, 5.41) is 18.3. The van der Waals surface area contributed by atoms with Crippen LogP contribution in [0.3, 0.4) is 0 Å². The Kier molecular flexibility index (Phi) is 4.94. The van der Waals surface area contributed by atoms with Crippen LogP contribution in [0.25, 0.3) is 0 Å². The number of carbonyl (C=O) groups excluding carboxylic acids is 1. The average Bonchev–Trinajstić information content (AvgIpc) is 3.23. The number of nitrogens with zero attached hydrogens (tertiary/aromatic N) is 4. The van der Waals surface area contributed by atoms with E-state index in [1.54, 1.807) is 18.3 Å². The molecule has 0 bridgehead atoms. The number of rotatable bonds is 5. The first-order valence-corrected chi connectivity index (χ1v) is 9.05. The first kappa shape index (κ1) is 18.0. The van der Waals surface area contributed by atoms with Crippen LogP contribution in [-0.2, 0) is 26.1 Å². The SMILES string of the molecule is O=C(NCc1n[nH]c(=O)[nH]1)c1cn2c(n1)CCN(Cc1cccc(O)c1)CC2. The number of hydrogen-bond acceptors (Lipinski definition) is 6. The molecule has 1 amide bonds. The van der Waals surface area contributed by atoms with E-state index in [9.17, 15) is 14.7 Å². The van der Waals surface area contributed by atoms with E-state index in [0.29, 0.717) is 11.5 Å². The number of H-pyrrole nitrogens is 2. The van der Waals surface area contributed by atoms with Crippen molar-refractivity contribution < 1.29 is 9.90 Å². The molecule has 3 heterocycles. The highest BCUT2D eigenvalue weighted by Crippen LogP contribution is 2.16. The maximum Gasteiger partial charge on any atom is 0.340 e. The Labute approximate surface area is 160 Å². The molecule has 0 saturated carbocycles. The van der Waals surface area contributed by atoms with E-state index in [2.05, 4.69) is 30.4 Å². The molecule has 2 aromatic heterocycles. The number of phenols is 1. The molecule has 1 aliphatic heterocycles. The lowest BCUT2D eigenvalue weighted by Gasteiger charge is -2.19. The van der Waals surface area contributed by atoms with Gasteiger partial charge < -0.3 is 15.0 Å². The second-order valence-electron chi connectivity index (χ2n) is 6.74. The Balaban J connectivity index is 1.35. The molecule has 0 unspecified atom stereocenters. The quantitative estimate of drug-likeness (QED) is 0.490. The lowest BCUT2D eigenvalue weighted by Crippen LogP contribution is -2.27. The summed E-state index contributed by atoms with van der Waals surface area (Å²) in [5.74, 6) is 1.20. The third kappa shape index (κ3) is 4.12. The van der Waals surface area contributed by atoms with Gasteiger partial charge >= 0.3 is 5.69 Å². The lowest BCUT2D eigenvalue weighted by atomic mass is 10.2. The van der Waals surface area contributed by atoms with E-state index in [-0.39, 0.29) is 18.2 Å². The van der Waals surface area contributed by atoms with Crippen molar-refractivity contribution in [3.05, 3.63) is 63.9 Å². The molecule has 0 aliphatic carbocycles. The number of aromatic hydroxyl groups is 1. The number of aromatic nitrogens is 5. The summed E-state index contributed by atoms with van der Waals surface area (Å²) >= 11 is 0. The van der Waals surface area contributed by atoms with Gasteiger partial charge in [-0.15, -0.1) is 0 Å². The molecular weight excluding hydrogens is 362 g/mol. The summed E-state index contributed by atoms with van der Waals surface area (Å²) in [5.41, 5.74) is 1.01. The van der Waals surface area contributed by atoms with Crippen LogP contribution in [0.2, 0.25) is 0 Å². The van der Waals surface area contributed by atoms with Crippen molar-refractivity contribution in [2.24, 2.45) is 0 Å². The lowest BCUT2D eigenvalue weighted by molar-refractivity contribution is 0.0945. The minimum atomic E-state index is -0.409. The van der Waals surface area contributed by atoms with Crippen molar-refractivity contribution in [2.75, 3.05) is 13.1 Å². The number of imidazole rings is 1. The molecule has 1 aromatic carbocycles. The molecule has 4 rings (SSSR count). The zero-order valence-electron chi connectivity index (χ0n) is 15.2. The monoisotopic (exact) mass is 383 g/mol. The second-order valence-corrected chi connectivity index (χ2v) is 6.74. The number of hydrogen-bond donors (Lipinski definition) is 4. The van der Waals surface area contributed by atoms with Gasteiger partial charge in [0, 0.05) is 38.8 Å². The fourth-order valence-corrected chi connectivity index (χ4v) is 3.29. The minimum absolute atomic E-state index is 0.122. The average molecular weight is 383 g/mol. The third-order valence-corrected chi connectivity index (χ3v) is 4.68. The zero-order chi connectivity index (χ0) is 19.5. The maximum absolute atomic E-state index is 12.3. The predicted molar refractivity (Wildman–Crippen MR) is 99.7 cm³/mol. The van der Waals surface area contributed by atoms with E-state index in [1.807, 2.05) is 16.7 Å². The van der Waals surface area contributed by atoms with Crippen molar-refractivity contribution in [1.82, 2.24) is 34.9 Å². The Bertz CT molecular complexity index is 1010. The molecule has 146 valence electrons. The van der Waals surface area contributed by atoms with Crippen LogP contribution in [0.5, 0.6) is 5.75 Å². The van der Waals surface area contributed by atoms with Gasteiger partial charge in [0.05, 0.1) is 6.54 Å². The van der Waals surface area contributed by atoms with Gasteiger partial charge in [0.15, 0.2) is 0 Å². The highest BCUT2D eigenvalue weighted by atomic mass is 16.3. The molecule has 10 nitrogen and oxygen atoms in total. The molecule has 3 aromatic rings. The van der Waals surface area contributed by atoms with Gasteiger partial charge in [0.1, 0.15) is 23.1 Å².